The fraction of sp³-hybridized carbons (Fsp3) is 0.120. The van der Waals surface area contributed by atoms with Crippen LogP contribution < -0.4 is 15.4 Å². The van der Waals surface area contributed by atoms with Gasteiger partial charge in [-0.2, -0.15) is 0 Å². The fourth-order valence-electron chi connectivity index (χ4n) is 3.17. The van der Waals surface area contributed by atoms with Gasteiger partial charge in [0.1, 0.15) is 16.8 Å². The molecule has 0 radical (unpaired) electrons. The zero-order valence-electron chi connectivity index (χ0n) is 18.0. The number of aromatic nitrogens is 2. The van der Waals surface area contributed by atoms with Crippen LogP contribution >= 0.6 is 27.3 Å². The smallest absolute Gasteiger partial charge is 0.258 e. The van der Waals surface area contributed by atoms with Crippen LogP contribution in [0.25, 0.3) is 10.6 Å². The van der Waals surface area contributed by atoms with Crippen molar-refractivity contribution in [2.45, 2.75) is 12.5 Å². The first-order valence-electron chi connectivity index (χ1n) is 10.5. The summed E-state index contributed by atoms with van der Waals surface area (Å²) in [7, 11) is 0. The number of carbonyl (C=O) groups is 2. The van der Waals surface area contributed by atoms with Crippen LogP contribution in [0.1, 0.15) is 5.56 Å². The largest absolute Gasteiger partial charge is 0.484 e. The number of hydrogen-bond acceptors (Lipinski definition) is 6. The molecule has 172 valence electrons. The second kappa shape index (κ2) is 11.5. The first kappa shape index (κ1) is 23.6. The van der Waals surface area contributed by atoms with E-state index < -0.39 is 11.9 Å². The van der Waals surface area contributed by atoms with Crippen LogP contribution in [-0.2, 0) is 16.0 Å². The quantitative estimate of drug-likeness (QED) is 0.323. The maximum Gasteiger partial charge on any atom is 0.258 e. The summed E-state index contributed by atoms with van der Waals surface area (Å²) < 4.78 is 6.44. The number of amides is 2. The first-order valence-corrected chi connectivity index (χ1v) is 12.1. The normalized spacial score (nSPS) is 11.4. The molecule has 0 saturated heterocycles. The number of hydrogen-bond donors (Lipinski definition) is 2. The first-order chi connectivity index (χ1) is 16.6. The van der Waals surface area contributed by atoms with Crippen molar-refractivity contribution in [3.8, 4) is 16.3 Å². The molecule has 1 atom stereocenters. The Morgan fingerprint density at radius 1 is 0.941 bits per heavy atom. The summed E-state index contributed by atoms with van der Waals surface area (Å²) in [4.78, 5) is 25.6. The van der Waals surface area contributed by atoms with Gasteiger partial charge >= 0.3 is 0 Å². The number of nitrogens with zero attached hydrogens (tertiary/aromatic N) is 2. The molecule has 0 aliphatic rings. The van der Waals surface area contributed by atoms with E-state index in [4.69, 9.17) is 4.74 Å². The van der Waals surface area contributed by atoms with Crippen molar-refractivity contribution in [2.75, 3.05) is 11.9 Å². The number of halogens is 1. The average molecular weight is 537 g/mol. The van der Waals surface area contributed by atoms with Crippen LogP contribution in [0, 0.1) is 0 Å². The molecule has 0 spiro atoms. The highest BCUT2D eigenvalue weighted by Gasteiger charge is 2.23. The summed E-state index contributed by atoms with van der Waals surface area (Å²) >= 11 is 4.70. The molecule has 0 fully saturated rings. The number of carbonyl (C=O) groups excluding carboxylic acids is 2. The van der Waals surface area contributed by atoms with Crippen molar-refractivity contribution < 1.29 is 14.3 Å². The van der Waals surface area contributed by atoms with Gasteiger partial charge in [0.15, 0.2) is 6.61 Å². The highest BCUT2D eigenvalue weighted by molar-refractivity contribution is 9.10. The number of rotatable bonds is 9. The zero-order chi connectivity index (χ0) is 23.8. The van der Waals surface area contributed by atoms with E-state index in [1.165, 1.54) is 11.3 Å². The third kappa shape index (κ3) is 6.72. The molecular weight excluding hydrogens is 516 g/mol. The molecule has 0 bridgehead atoms. The lowest BCUT2D eigenvalue weighted by Crippen LogP contribution is -2.46. The Hall–Kier alpha value is -3.56. The van der Waals surface area contributed by atoms with Crippen LogP contribution in [0.2, 0.25) is 0 Å². The minimum Gasteiger partial charge on any atom is -0.484 e. The van der Waals surface area contributed by atoms with E-state index >= 15 is 0 Å². The predicted octanol–water partition coefficient (Wildman–Crippen LogP) is 4.71. The van der Waals surface area contributed by atoms with Gasteiger partial charge in [-0.3, -0.25) is 14.9 Å². The Bertz CT molecular complexity index is 1250. The van der Waals surface area contributed by atoms with Crippen LogP contribution in [0.15, 0.2) is 89.4 Å². The van der Waals surface area contributed by atoms with E-state index in [1.54, 1.807) is 12.1 Å². The summed E-state index contributed by atoms with van der Waals surface area (Å²) in [5.74, 6) is -0.198. The second-order valence-electron chi connectivity index (χ2n) is 7.32. The van der Waals surface area contributed by atoms with Gasteiger partial charge in [0, 0.05) is 16.5 Å². The minimum atomic E-state index is -0.813. The molecule has 0 saturated carbocycles. The van der Waals surface area contributed by atoms with E-state index in [9.17, 15) is 9.59 Å². The average Bonchev–Trinajstić information content (AvgIpc) is 3.32. The van der Waals surface area contributed by atoms with E-state index in [1.807, 2.05) is 72.8 Å². The van der Waals surface area contributed by atoms with Crippen molar-refractivity contribution in [1.29, 1.82) is 0 Å². The number of para-hydroxylation sites is 1. The summed E-state index contributed by atoms with van der Waals surface area (Å²) in [5, 5.41) is 14.9. The molecular formula is C25H21BrN4O3S. The summed E-state index contributed by atoms with van der Waals surface area (Å²) in [5.41, 5.74) is 1.80. The van der Waals surface area contributed by atoms with Gasteiger partial charge in [0.2, 0.25) is 11.0 Å². The van der Waals surface area contributed by atoms with E-state index in [-0.39, 0.29) is 12.5 Å². The lowest BCUT2D eigenvalue weighted by atomic mass is 10.1. The number of nitrogens with one attached hydrogen (secondary N) is 2. The monoisotopic (exact) mass is 536 g/mol. The molecule has 7 nitrogen and oxygen atoms in total. The van der Waals surface area contributed by atoms with Crippen LogP contribution in [0.5, 0.6) is 5.75 Å². The van der Waals surface area contributed by atoms with Crippen LogP contribution in [0.4, 0.5) is 5.13 Å². The molecule has 34 heavy (non-hydrogen) atoms. The van der Waals surface area contributed by atoms with Crippen molar-refractivity contribution in [3.05, 3.63) is 95.0 Å². The number of anilines is 1. The zero-order valence-corrected chi connectivity index (χ0v) is 20.4. The molecule has 1 aromatic heterocycles. The molecule has 1 unspecified atom stereocenters. The maximum absolute atomic E-state index is 13.1. The van der Waals surface area contributed by atoms with Crippen molar-refractivity contribution in [3.63, 3.8) is 0 Å². The second-order valence-corrected chi connectivity index (χ2v) is 9.22. The summed E-state index contributed by atoms with van der Waals surface area (Å²) in [6.45, 7) is -0.200. The van der Waals surface area contributed by atoms with Crippen molar-refractivity contribution >= 4 is 44.2 Å². The van der Waals surface area contributed by atoms with E-state index in [0.29, 0.717) is 22.3 Å². The SMILES string of the molecule is O=C(COc1ccccc1)NC(Cc1ccccc1)C(=O)Nc1nnc(-c2cccc(Br)c2)s1. The third-order valence-corrected chi connectivity index (χ3v) is 6.16. The Kier molecular flexibility index (Phi) is 8.00. The molecule has 0 aliphatic heterocycles. The maximum atomic E-state index is 13.1. The molecule has 3 aromatic carbocycles. The third-order valence-electron chi connectivity index (χ3n) is 4.77. The Morgan fingerprint density at radius 2 is 1.68 bits per heavy atom. The lowest BCUT2D eigenvalue weighted by molar-refractivity contribution is -0.127. The molecule has 4 aromatic rings. The summed E-state index contributed by atoms with van der Waals surface area (Å²) in [6, 6.07) is 25.4. The number of benzene rings is 3. The van der Waals surface area contributed by atoms with Gasteiger partial charge in [0.05, 0.1) is 0 Å². The molecule has 0 aliphatic carbocycles. The lowest BCUT2D eigenvalue weighted by Gasteiger charge is -2.18. The predicted molar refractivity (Wildman–Crippen MR) is 136 cm³/mol. The highest BCUT2D eigenvalue weighted by atomic mass is 79.9. The fourth-order valence-corrected chi connectivity index (χ4v) is 4.31. The van der Waals surface area contributed by atoms with Gasteiger partial charge in [-0.15, -0.1) is 10.2 Å². The van der Waals surface area contributed by atoms with Crippen molar-refractivity contribution in [1.82, 2.24) is 15.5 Å². The van der Waals surface area contributed by atoms with Gasteiger partial charge in [-0.05, 0) is 29.8 Å². The molecule has 2 N–H and O–H groups in total. The topological polar surface area (TPSA) is 93.2 Å². The Morgan fingerprint density at radius 3 is 2.41 bits per heavy atom. The molecule has 2 amide bonds. The molecule has 9 heteroatoms. The highest BCUT2D eigenvalue weighted by Crippen LogP contribution is 2.28. The standard InChI is InChI=1S/C25H21BrN4O3S/c26-19-11-7-10-18(15-19)24-29-30-25(34-24)28-23(32)21(14-17-8-3-1-4-9-17)27-22(31)16-33-20-12-5-2-6-13-20/h1-13,15,21H,14,16H2,(H,27,31)(H,28,30,32). The minimum absolute atomic E-state index is 0.200. The number of ether oxygens (including phenoxy) is 1. The van der Waals surface area contributed by atoms with Gasteiger partial charge in [0.25, 0.3) is 5.91 Å². The van der Waals surface area contributed by atoms with E-state index in [0.717, 1.165) is 15.6 Å². The van der Waals surface area contributed by atoms with Gasteiger partial charge in [-0.1, -0.05) is 87.9 Å². The Balaban J connectivity index is 1.43. The van der Waals surface area contributed by atoms with Crippen LogP contribution in [-0.4, -0.2) is 34.7 Å². The molecule has 1 heterocycles. The van der Waals surface area contributed by atoms with Crippen molar-refractivity contribution in [2.24, 2.45) is 0 Å². The Labute approximate surface area is 209 Å². The molecule has 4 rings (SSSR count). The van der Waals surface area contributed by atoms with Crippen LogP contribution in [0.3, 0.4) is 0 Å². The van der Waals surface area contributed by atoms with Gasteiger partial charge in [-0.25, -0.2) is 0 Å². The summed E-state index contributed by atoms with van der Waals surface area (Å²) in [6.07, 6.45) is 0.320. The van der Waals surface area contributed by atoms with Gasteiger partial charge < -0.3 is 10.1 Å². The van der Waals surface area contributed by atoms with E-state index in [2.05, 4.69) is 36.8 Å².